The second-order valence-corrected chi connectivity index (χ2v) is 4.15. The first-order valence-electron chi connectivity index (χ1n) is 5.21. The number of aldehydes is 1. The van der Waals surface area contributed by atoms with E-state index in [0.29, 0.717) is 6.04 Å². The Hall–Kier alpha value is -1.57. The van der Waals surface area contributed by atoms with Crippen LogP contribution in [0.15, 0.2) is 24.3 Å². The topological polar surface area (TPSA) is 22.0 Å². The van der Waals surface area contributed by atoms with Crippen LogP contribution in [0.1, 0.15) is 35.9 Å². The van der Waals surface area contributed by atoms with Crippen molar-refractivity contribution in [3.8, 4) is 0 Å². The van der Waals surface area contributed by atoms with E-state index in [1.54, 1.807) is 0 Å². The molecule has 0 amide bonds. The Labute approximate surface area is 89.5 Å². The molecule has 0 saturated heterocycles. The van der Waals surface area contributed by atoms with E-state index in [1.165, 1.54) is 5.69 Å². The number of aryl methyl sites for hydroxylation is 1. The summed E-state index contributed by atoms with van der Waals surface area (Å²) in [6, 6.07) is 8.35. The molecule has 2 heteroatoms. The number of aromatic nitrogens is 1. The van der Waals surface area contributed by atoms with E-state index in [4.69, 9.17) is 0 Å². The van der Waals surface area contributed by atoms with Crippen molar-refractivity contribution in [3.63, 3.8) is 0 Å². The molecule has 0 aliphatic carbocycles. The van der Waals surface area contributed by atoms with Gasteiger partial charge in [0.25, 0.3) is 0 Å². The molecule has 0 fully saturated rings. The fourth-order valence-electron chi connectivity index (χ4n) is 2.21. The number of hydrogen-bond donors (Lipinski definition) is 0. The van der Waals surface area contributed by atoms with E-state index >= 15 is 0 Å². The van der Waals surface area contributed by atoms with Crippen LogP contribution in [0.4, 0.5) is 0 Å². The highest BCUT2D eigenvalue weighted by molar-refractivity contribution is 5.97. The first kappa shape index (κ1) is 9.97. The SMILES string of the molecule is Cc1cc2cccc(C=O)c2n1C(C)C. The maximum atomic E-state index is 11.0. The lowest BCUT2D eigenvalue weighted by Gasteiger charge is -2.13. The van der Waals surface area contributed by atoms with E-state index in [-0.39, 0.29) is 0 Å². The van der Waals surface area contributed by atoms with Crippen molar-refractivity contribution in [2.75, 3.05) is 0 Å². The minimum absolute atomic E-state index is 0.378. The first-order chi connectivity index (χ1) is 7.15. The van der Waals surface area contributed by atoms with Gasteiger partial charge in [0.1, 0.15) is 0 Å². The molecule has 0 radical (unpaired) electrons. The highest BCUT2D eigenvalue weighted by Gasteiger charge is 2.11. The summed E-state index contributed by atoms with van der Waals surface area (Å²) in [6.45, 7) is 6.34. The Morgan fingerprint density at radius 2 is 2.07 bits per heavy atom. The summed E-state index contributed by atoms with van der Waals surface area (Å²) in [5.41, 5.74) is 3.03. The van der Waals surface area contributed by atoms with Gasteiger partial charge in [-0.3, -0.25) is 4.79 Å². The zero-order valence-electron chi connectivity index (χ0n) is 9.32. The van der Waals surface area contributed by atoms with Gasteiger partial charge >= 0.3 is 0 Å². The van der Waals surface area contributed by atoms with Crippen molar-refractivity contribution in [3.05, 3.63) is 35.5 Å². The van der Waals surface area contributed by atoms with Crippen molar-refractivity contribution in [2.24, 2.45) is 0 Å². The average molecular weight is 201 g/mol. The molecule has 1 aromatic heterocycles. The van der Waals surface area contributed by atoms with Crippen LogP contribution < -0.4 is 0 Å². The quantitative estimate of drug-likeness (QED) is 0.683. The summed E-state index contributed by atoms with van der Waals surface area (Å²) in [7, 11) is 0. The molecule has 0 aliphatic heterocycles. The zero-order chi connectivity index (χ0) is 11.0. The van der Waals surface area contributed by atoms with Gasteiger partial charge in [-0.25, -0.2) is 0 Å². The number of rotatable bonds is 2. The van der Waals surface area contributed by atoms with Crippen molar-refractivity contribution in [2.45, 2.75) is 26.8 Å². The molecule has 2 rings (SSSR count). The van der Waals surface area contributed by atoms with Crippen LogP contribution in [-0.4, -0.2) is 10.9 Å². The third-order valence-corrected chi connectivity index (χ3v) is 2.73. The molecule has 0 saturated carbocycles. The number of hydrogen-bond acceptors (Lipinski definition) is 1. The van der Waals surface area contributed by atoms with Crippen molar-refractivity contribution in [1.29, 1.82) is 0 Å². The van der Waals surface area contributed by atoms with Crippen LogP contribution in [-0.2, 0) is 0 Å². The highest BCUT2D eigenvalue weighted by Crippen LogP contribution is 2.25. The number of carbonyl (C=O) groups excluding carboxylic acids is 1. The van der Waals surface area contributed by atoms with E-state index in [2.05, 4.69) is 31.4 Å². The Morgan fingerprint density at radius 1 is 1.33 bits per heavy atom. The molecule has 2 aromatic rings. The molecule has 0 aliphatic rings. The maximum absolute atomic E-state index is 11.0. The Balaban J connectivity index is 2.88. The first-order valence-corrected chi connectivity index (χ1v) is 5.21. The van der Waals surface area contributed by atoms with E-state index < -0.39 is 0 Å². The van der Waals surface area contributed by atoms with E-state index in [0.717, 1.165) is 22.8 Å². The maximum Gasteiger partial charge on any atom is 0.152 e. The molecule has 0 atom stereocenters. The molecule has 2 nitrogen and oxygen atoms in total. The minimum Gasteiger partial charge on any atom is -0.342 e. The number of fused-ring (bicyclic) bond motifs is 1. The van der Waals surface area contributed by atoms with Crippen LogP contribution >= 0.6 is 0 Å². The predicted molar refractivity (Wildman–Crippen MR) is 62.4 cm³/mol. The van der Waals surface area contributed by atoms with Gasteiger partial charge in [0.2, 0.25) is 0 Å². The summed E-state index contributed by atoms with van der Waals surface area (Å²) in [6.07, 6.45) is 0.931. The third kappa shape index (κ3) is 1.46. The number of para-hydroxylation sites is 1. The number of benzene rings is 1. The van der Waals surface area contributed by atoms with Gasteiger partial charge in [0, 0.05) is 22.7 Å². The average Bonchev–Trinajstić information content (AvgIpc) is 2.53. The Bertz CT molecular complexity index is 508. The van der Waals surface area contributed by atoms with Crippen LogP contribution in [0.3, 0.4) is 0 Å². The van der Waals surface area contributed by atoms with Crippen LogP contribution in [0.25, 0.3) is 10.9 Å². The van der Waals surface area contributed by atoms with Crippen molar-refractivity contribution >= 4 is 17.2 Å². The predicted octanol–water partition coefficient (Wildman–Crippen LogP) is 3.34. The molecule has 1 aromatic carbocycles. The fraction of sp³-hybridized carbons (Fsp3) is 0.308. The summed E-state index contributed by atoms with van der Waals surface area (Å²) in [4.78, 5) is 11.0. The Kier molecular flexibility index (Phi) is 2.35. The second kappa shape index (κ2) is 3.54. The standard InChI is InChI=1S/C13H15NO/c1-9(2)14-10(3)7-11-5-4-6-12(8-15)13(11)14/h4-9H,1-3H3. The Morgan fingerprint density at radius 3 is 2.67 bits per heavy atom. The van der Waals surface area contributed by atoms with Gasteiger partial charge in [-0.1, -0.05) is 12.1 Å². The van der Waals surface area contributed by atoms with Crippen LogP contribution in [0, 0.1) is 6.92 Å². The lowest BCUT2D eigenvalue weighted by Crippen LogP contribution is -2.03. The summed E-state index contributed by atoms with van der Waals surface area (Å²) in [5, 5.41) is 1.14. The van der Waals surface area contributed by atoms with Crippen molar-refractivity contribution in [1.82, 2.24) is 4.57 Å². The van der Waals surface area contributed by atoms with Crippen molar-refractivity contribution < 1.29 is 4.79 Å². The molecular weight excluding hydrogens is 186 g/mol. The largest absolute Gasteiger partial charge is 0.342 e. The fourth-order valence-corrected chi connectivity index (χ4v) is 2.21. The summed E-state index contributed by atoms with van der Waals surface area (Å²) in [5.74, 6) is 0. The lowest BCUT2D eigenvalue weighted by molar-refractivity contribution is 0.112. The monoisotopic (exact) mass is 201 g/mol. The van der Waals surface area contributed by atoms with Crippen LogP contribution in [0.2, 0.25) is 0 Å². The normalized spacial score (nSPS) is 11.2. The van der Waals surface area contributed by atoms with Gasteiger partial charge in [0.05, 0.1) is 5.52 Å². The molecular formula is C13H15NO. The smallest absolute Gasteiger partial charge is 0.152 e. The van der Waals surface area contributed by atoms with Gasteiger partial charge in [-0.2, -0.15) is 0 Å². The molecule has 1 heterocycles. The molecule has 0 N–H and O–H groups in total. The minimum atomic E-state index is 0.378. The number of nitrogens with zero attached hydrogens (tertiary/aromatic N) is 1. The number of carbonyl (C=O) groups is 1. The van der Waals surface area contributed by atoms with E-state index in [9.17, 15) is 4.79 Å². The molecule has 78 valence electrons. The highest BCUT2D eigenvalue weighted by atomic mass is 16.1. The van der Waals surface area contributed by atoms with Gasteiger partial charge < -0.3 is 4.57 Å². The zero-order valence-corrected chi connectivity index (χ0v) is 9.32. The third-order valence-electron chi connectivity index (χ3n) is 2.73. The molecule has 0 bridgehead atoms. The summed E-state index contributed by atoms with van der Waals surface area (Å²) < 4.78 is 2.21. The van der Waals surface area contributed by atoms with E-state index in [1.807, 2.05) is 18.2 Å². The van der Waals surface area contributed by atoms with Gasteiger partial charge in [-0.15, -0.1) is 0 Å². The second-order valence-electron chi connectivity index (χ2n) is 4.15. The van der Waals surface area contributed by atoms with Gasteiger partial charge in [0.15, 0.2) is 6.29 Å². The summed E-state index contributed by atoms with van der Waals surface area (Å²) >= 11 is 0. The molecule has 0 unspecified atom stereocenters. The van der Waals surface area contributed by atoms with Crippen LogP contribution in [0.5, 0.6) is 0 Å². The van der Waals surface area contributed by atoms with Gasteiger partial charge in [-0.05, 0) is 32.9 Å². The molecule has 15 heavy (non-hydrogen) atoms. The molecule has 0 spiro atoms. The lowest BCUT2D eigenvalue weighted by atomic mass is 10.1.